The second kappa shape index (κ2) is 10.2. The number of rotatable bonds is 8. The summed E-state index contributed by atoms with van der Waals surface area (Å²) in [5, 5.41) is 14.3. The average Bonchev–Trinajstić information content (AvgIpc) is 3.05. The smallest absolute Gasteiger partial charge is 0.328 e. The van der Waals surface area contributed by atoms with E-state index >= 15 is 0 Å². The molecule has 1 aliphatic rings. The van der Waals surface area contributed by atoms with Gasteiger partial charge in [-0.3, -0.25) is 14.4 Å². The third-order valence-corrected chi connectivity index (χ3v) is 6.27. The van der Waals surface area contributed by atoms with Gasteiger partial charge in [0.25, 0.3) is 5.91 Å². The predicted molar refractivity (Wildman–Crippen MR) is 122 cm³/mol. The number of halogens is 1. The summed E-state index contributed by atoms with van der Waals surface area (Å²) >= 11 is 5.97. The normalized spacial score (nSPS) is 16.3. The lowest BCUT2D eigenvalue weighted by molar-refractivity contribution is -0.135. The molecule has 2 aromatic carbocycles. The van der Waals surface area contributed by atoms with E-state index in [1.807, 2.05) is 0 Å². The number of carbonyl (C=O) groups is 4. The van der Waals surface area contributed by atoms with Crippen molar-refractivity contribution in [3.05, 3.63) is 71.3 Å². The number of primary sulfonamides is 1. The summed E-state index contributed by atoms with van der Waals surface area (Å²) in [6, 6.07) is 10.6. The first kappa shape index (κ1) is 25.1. The number of nitrogens with two attached hydrogens (primary N) is 1. The summed E-state index contributed by atoms with van der Waals surface area (Å²) < 4.78 is 22.8. The third-order valence-electron chi connectivity index (χ3n) is 5.11. The van der Waals surface area contributed by atoms with Gasteiger partial charge in [0.1, 0.15) is 6.04 Å². The van der Waals surface area contributed by atoms with Crippen LogP contribution in [0.5, 0.6) is 0 Å². The molecule has 1 aliphatic heterocycles. The molecule has 1 fully saturated rings. The van der Waals surface area contributed by atoms with Crippen LogP contribution in [0.15, 0.2) is 65.6 Å². The van der Waals surface area contributed by atoms with Gasteiger partial charge in [-0.2, -0.15) is 0 Å². The largest absolute Gasteiger partial charge is 0.478 e. The van der Waals surface area contributed by atoms with Gasteiger partial charge in [0.15, 0.2) is 0 Å². The molecule has 1 saturated heterocycles. The SMILES string of the molecule is NS(=O)(=O)c1ccc(CCN(C(=O)/C=C/C(=O)O)[C@@H]2CC(=O)N(c3cccc(Cl)c3)C2=O)cc1. The molecule has 0 radical (unpaired) electrons. The Bertz CT molecular complexity index is 1280. The van der Waals surface area contributed by atoms with E-state index in [2.05, 4.69) is 0 Å². The molecule has 1 atom stereocenters. The summed E-state index contributed by atoms with van der Waals surface area (Å²) in [6.07, 6.45) is 1.37. The minimum Gasteiger partial charge on any atom is -0.478 e. The number of imide groups is 1. The van der Waals surface area contributed by atoms with Gasteiger partial charge >= 0.3 is 5.97 Å². The van der Waals surface area contributed by atoms with E-state index in [9.17, 15) is 27.6 Å². The highest BCUT2D eigenvalue weighted by Crippen LogP contribution is 2.28. The van der Waals surface area contributed by atoms with E-state index in [0.29, 0.717) is 16.7 Å². The maximum atomic E-state index is 13.1. The number of hydrogen-bond acceptors (Lipinski definition) is 6. The maximum absolute atomic E-state index is 13.1. The highest BCUT2D eigenvalue weighted by Gasteiger charge is 2.44. The van der Waals surface area contributed by atoms with Gasteiger partial charge in [-0.05, 0) is 42.3 Å². The first-order chi connectivity index (χ1) is 16.0. The Morgan fingerprint density at radius 2 is 1.82 bits per heavy atom. The number of anilines is 1. The standard InChI is InChI=1S/C22H20ClN3O7S/c23-15-2-1-3-16(12-15)26-20(28)13-18(22(26)31)25(19(27)8-9-21(29)30)11-10-14-4-6-17(7-5-14)34(24,32)33/h1-9,12,18H,10-11,13H2,(H,29,30)(H2,24,32,33)/b9-8+/t18-/m1/s1. The number of hydrogen-bond donors (Lipinski definition) is 2. The Balaban J connectivity index is 1.85. The van der Waals surface area contributed by atoms with Crippen molar-refractivity contribution in [2.45, 2.75) is 23.8 Å². The lowest BCUT2D eigenvalue weighted by atomic mass is 10.1. The molecule has 3 amide bonds. The van der Waals surface area contributed by atoms with E-state index in [4.69, 9.17) is 21.8 Å². The van der Waals surface area contributed by atoms with Gasteiger partial charge in [-0.25, -0.2) is 23.3 Å². The van der Waals surface area contributed by atoms with Gasteiger partial charge in [-0.15, -0.1) is 0 Å². The molecule has 1 heterocycles. The van der Waals surface area contributed by atoms with Crippen LogP contribution in [0.3, 0.4) is 0 Å². The predicted octanol–water partition coefficient (Wildman–Crippen LogP) is 1.33. The van der Waals surface area contributed by atoms with Crippen LogP contribution in [-0.2, 0) is 35.6 Å². The number of carbonyl (C=O) groups excluding carboxylic acids is 3. The molecule has 34 heavy (non-hydrogen) atoms. The van der Waals surface area contributed by atoms with Crippen molar-refractivity contribution >= 4 is 51.0 Å². The topological polar surface area (TPSA) is 155 Å². The van der Waals surface area contributed by atoms with Crippen molar-refractivity contribution in [2.75, 3.05) is 11.4 Å². The van der Waals surface area contributed by atoms with Crippen molar-refractivity contribution in [2.24, 2.45) is 5.14 Å². The lowest BCUT2D eigenvalue weighted by Crippen LogP contribution is -2.46. The summed E-state index contributed by atoms with van der Waals surface area (Å²) in [5.74, 6) is -3.28. The molecule has 2 aromatic rings. The summed E-state index contributed by atoms with van der Waals surface area (Å²) in [5.41, 5.74) is 0.896. The van der Waals surface area contributed by atoms with Crippen LogP contribution in [0.1, 0.15) is 12.0 Å². The zero-order chi connectivity index (χ0) is 25.0. The van der Waals surface area contributed by atoms with Gasteiger partial charge in [0.05, 0.1) is 17.0 Å². The summed E-state index contributed by atoms with van der Waals surface area (Å²) in [4.78, 5) is 51.4. The second-order valence-electron chi connectivity index (χ2n) is 7.41. The van der Waals surface area contributed by atoms with Crippen molar-refractivity contribution < 1.29 is 32.7 Å². The monoisotopic (exact) mass is 505 g/mol. The van der Waals surface area contributed by atoms with Crippen LogP contribution in [0.2, 0.25) is 5.02 Å². The first-order valence-corrected chi connectivity index (χ1v) is 11.9. The molecule has 10 nitrogen and oxygen atoms in total. The number of sulfonamides is 1. The lowest BCUT2D eigenvalue weighted by Gasteiger charge is -2.26. The molecule has 3 N–H and O–H groups in total. The third kappa shape index (κ3) is 5.87. The van der Waals surface area contributed by atoms with Crippen molar-refractivity contribution in [3.63, 3.8) is 0 Å². The number of benzene rings is 2. The van der Waals surface area contributed by atoms with Gasteiger partial charge in [0, 0.05) is 23.7 Å². The highest BCUT2D eigenvalue weighted by atomic mass is 35.5. The quantitative estimate of drug-likeness (QED) is 0.405. The molecule has 0 saturated carbocycles. The summed E-state index contributed by atoms with van der Waals surface area (Å²) in [7, 11) is -3.87. The van der Waals surface area contributed by atoms with E-state index in [-0.39, 0.29) is 30.0 Å². The van der Waals surface area contributed by atoms with Crippen LogP contribution in [-0.4, -0.2) is 54.7 Å². The zero-order valence-corrected chi connectivity index (χ0v) is 19.2. The molecular formula is C22H20ClN3O7S. The highest BCUT2D eigenvalue weighted by molar-refractivity contribution is 7.89. The number of carboxylic acids is 1. The number of carboxylic acid groups (broad SMARTS) is 1. The first-order valence-electron chi connectivity index (χ1n) is 9.93. The van der Waals surface area contributed by atoms with Crippen LogP contribution < -0.4 is 10.0 Å². The van der Waals surface area contributed by atoms with Gasteiger partial charge in [0.2, 0.25) is 21.8 Å². The van der Waals surface area contributed by atoms with Gasteiger partial charge < -0.3 is 10.0 Å². The molecular weight excluding hydrogens is 486 g/mol. The zero-order valence-electron chi connectivity index (χ0n) is 17.6. The van der Waals surface area contributed by atoms with E-state index < -0.39 is 39.8 Å². The van der Waals surface area contributed by atoms with Crippen molar-refractivity contribution in [1.29, 1.82) is 0 Å². The van der Waals surface area contributed by atoms with E-state index in [1.165, 1.54) is 36.4 Å². The molecule has 12 heteroatoms. The Kier molecular flexibility index (Phi) is 7.50. The molecule has 0 aliphatic carbocycles. The van der Waals surface area contributed by atoms with Crippen LogP contribution in [0, 0.1) is 0 Å². The molecule has 0 spiro atoms. The van der Waals surface area contributed by atoms with Crippen molar-refractivity contribution in [3.8, 4) is 0 Å². The Morgan fingerprint density at radius 1 is 1.15 bits per heavy atom. The Labute approximate surface area is 200 Å². The van der Waals surface area contributed by atoms with E-state index in [1.54, 1.807) is 12.1 Å². The molecule has 0 unspecified atom stereocenters. The minimum absolute atomic E-state index is 0.0371. The average molecular weight is 506 g/mol. The Hall–Kier alpha value is -3.54. The van der Waals surface area contributed by atoms with Gasteiger partial charge in [-0.1, -0.05) is 29.8 Å². The fourth-order valence-corrected chi connectivity index (χ4v) is 4.20. The van der Waals surface area contributed by atoms with E-state index in [0.717, 1.165) is 15.9 Å². The molecule has 0 bridgehead atoms. The second-order valence-corrected chi connectivity index (χ2v) is 9.41. The summed E-state index contributed by atoms with van der Waals surface area (Å²) in [6.45, 7) is -0.0371. The van der Waals surface area contributed by atoms with Crippen molar-refractivity contribution in [1.82, 2.24) is 4.90 Å². The molecule has 3 rings (SSSR count). The number of aliphatic carboxylic acids is 1. The minimum atomic E-state index is -3.87. The molecule has 178 valence electrons. The fraction of sp³-hybridized carbons (Fsp3) is 0.182. The number of nitrogens with zero attached hydrogens (tertiary/aromatic N) is 2. The van der Waals surface area contributed by atoms with Crippen LogP contribution in [0.4, 0.5) is 5.69 Å². The van der Waals surface area contributed by atoms with Crippen LogP contribution in [0.25, 0.3) is 0 Å². The number of amides is 3. The molecule has 0 aromatic heterocycles. The Morgan fingerprint density at radius 3 is 2.41 bits per heavy atom. The maximum Gasteiger partial charge on any atom is 0.328 e. The van der Waals surface area contributed by atoms with Crippen LogP contribution >= 0.6 is 11.6 Å². The fourth-order valence-electron chi connectivity index (χ4n) is 3.50.